The summed E-state index contributed by atoms with van der Waals surface area (Å²) in [7, 11) is 4.20. The van der Waals surface area contributed by atoms with Crippen molar-refractivity contribution in [3.05, 3.63) is 41.5 Å². The van der Waals surface area contributed by atoms with Gasteiger partial charge in [-0.05, 0) is 54.6 Å². The normalized spacial score (nSPS) is 12.0. The Kier molecular flexibility index (Phi) is 7.35. The minimum atomic E-state index is 0.187. The van der Waals surface area contributed by atoms with E-state index in [0.717, 1.165) is 6.54 Å². The molecule has 0 aromatic heterocycles. The number of likely N-dealkylation sites (N-methyl/N-ethyl adjacent to an activating group) is 1. The summed E-state index contributed by atoms with van der Waals surface area (Å²) < 4.78 is 0. The van der Waals surface area contributed by atoms with Gasteiger partial charge in [0.05, 0.1) is 0 Å². The number of rotatable bonds is 8. The Morgan fingerprint density at radius 2 is 1.73 bits per heavy atom. The van der Waals surface area contributed by atoms with Gasteiger partial charge >= 0.3 is 0 Å². The fourth-order valence-corrected chi connectivity index (χ4v) is 2.70. The molecule has 0 amide bonds. The van der Waals surface area contributed by atoms with Crippen LogP contribution in [0.2, 0.25) is 0 Å². The molecule has 0 saturated heterocycles. The van der Waals surface area contributed by atoms with Crippen molar-refractivity contribution in [1.29, 1.82) is 0 Å². The molecule has 0 aliphatic carbocycles. The first-order valence-corrected chi connectivity index (χ1v) is 8.71. The van der Waals surface area contributed by atoms with Crippen molar-refractivity contribution in [2.24, 2.45) is 0 Å². The number of benzene rings is 1. The number of unbranched alkanes of at least 4 members (excludes halogenated alkanes) is 3. The molecule has 0 fully saturated rings. The summed E-state index contributed by atoms with van der Waals surface area (Å²) in [4.78, 5) is 2.19. The molecule has 1 nitrogen and oxygen atoms in total. The Bertz CT molecular complexity index is 477. The van der Waals surface area contributed by atoms with Crippen LogP contribution in [-0.4, -0.2) is 25.5 Å². The van der Waals surface area contributed by atoms with Gasteiger partial charge in [-0.2, -0.15) is 0 Å². The van der Waals surface area contributed by atoms with Gasteiger partial charge < -0.3 is 4.90 Å². The highest BCUT2D eigenvalue weighted by Gasteiger charge is 2.16. The standard InChI is InChI=1S/C21H35N/c1-8-9-10-11-12-18-13-19(17(2)16-22(6)7)15-20(14-18)21(3,4)5/h13-15H,2,8-12,16H2,1,3-7H3. The van der Waals surface area contributed by atoms with E-state index in [1.54, 1.807) is 0 Å². The largest absolute Gasteiger partial charge is 0.305 e. The van der Waals surface area contributed by atoms with E-state index in [-0.39, 0.29) is 5.41 Å². The predicted octanol–water partition coefficient (Wildman–Crippen LogP) is 5.68. The molecular weight excluding hydrogens is 266 g/mol. The second-order valence-electron chi connectivity index (χ2n) is 7.82. The highest BCUT2D eigenvalue weighted by atomic mass is 15.0. The SMILES string of the molecule is C=C(CN(C)C)c1cc(CCCCCC)cc(C(C)(C)C)c1. The van der Waals surface area contributed by atoms with Crippen LogP contribution in [0.1, 0.15) is 70.1 Å². The number of hydrogen-bond donors (Lipinski definition) is 0. The third-order valence-corrected chi connectivity index (χ3v) is 4.09. The summed E-state index contributed by atoms with van der Waals surface area (Å²) in [6.45, 7) is 14.4. The third-order valence-electron chi connectivity index (χ3n) is 4.09. The zero-order valence-electron chi connectivity index (χ0n) is 15.6. The number of aryl methyl sites for hydroxylation is 1. The maximum Gasteiger partial charge on any atom is 0.0227 e. The van der Waals surface area contributed by atoms with Gasteiger partial charge in [0.15, 0.2) is 0 Å². The lowest BCUT2D eigenvalue weighted by Gasteiger charge is -2.22. The van der Waals surface area contributed by atoms with Gasteiger partial charge in [-0.15, -0.1) is 0 Å². The van der Waals surface area contributed by atoms with Crippen LogP contribution in [-0.2, 0) is 11.8 Å². The van der Waals surface area contributed by atoms with E-state index in [0.29, 0.717) is 0 Å². The molecule has 0 heterocycles. The van der Waals surface area contributed by atoms with Crippen molar-refractivity contribution in [3.63, 3.8) is 0 Å². The van der Waals surface area contributed by atoms with Crippen LogP contribution in [0, 0.1) is 0 Å². The van der Waals surface area contributed by atoms with Gasteiger partial charge in [0.1, 0.15) is 0 Å². The van der Waals surface area contributed by atoms with Gasteiger partial charge in [0, 0.05) is 6.54 Å². The molecule has 0 radical (unpaired) electrons. The maximum atomic E-state index is 4.30. The molecule has 0 atom stereocenters. The first kappa shape index (κ1) is 19.0. The summed E-state index contributed by atoms with van der Waals surface area (Å²) in [6, 6.07) is 7.09. The molecule has 1 aromatic carbocycles. The van der Waals surface area contributed by atoms with Crippen molar-refractivity contribution < 1.29 is 0 Å². The molecule has 0 aliphatic heterocycles. The second-order valence-corrected chi connectivity index (χ2v) is 7.82. The molecule has 0 aliphatic rings. The topological polar surface area (TPSA) is 3.24 Å². The van der Waals surface area contributed by atoms with Crippen molar-refractivity contribution >= 4 is 5.57 Å². The van der Waals surface area contributed by atoms with Crippen LogP contribution in [0.3, 0.4) is 0 Å². The van der Waals surface area contributed by atoms with E-state index < -0.39 is 0 Å². The summed E-state index contributed by atoms with van der Waals surface area (Å²) in [5.41, 5.74) is 5.61. The second kappa shape index (κ2) is 8.53. The Hall–Kier alpha value is -1.08. The molecule has 1 rings (SSSR count). The number of hydrogen-bond acceptors (Lipinski definition) is 1. The molecule has 0 bridgehead atoms. The van der Waals surface area contributed by atoms with Crippen LogP contribution in [0.5, 0.6) is 0 Å². The van der Waals surface area contributed by atoms with Gasteiger partial charge in [-0.25, -0.2) is 0 Å². The van der Waals surface area contributed by atoms with E-state index in [2.05, 4.69) is 71.5 Å². The molecule has 22 heavy (non-hydrogen) atoms. The molecule has 124 valence electrons. The highest BCUT2D eigenvalue weighted by Crippen LogP contribution is 2.28. The van der Waals surface area contributed by atoms with Crippen LogP contribution < -0.4 is 0 Å². The lowest BCUT2D eigenvalue weighted by Crippen LogP contribution is -2.16. The molecule has 0 saturated carbocycles. The quantitative estimate of drug-likeness (QED) is 0.558. The summed E-state index contributed by atoms with van der Waals surface area (Å²) >= 11 is 0. The molecule has 1 aromatic rings. The molecule has 0 N–H and O–H groups in total. The van der Waals surface area contributed by atoms with Crippen LogP contribution in [0.4, 0.5) is 0 Å². The van der Waals surface area contributed by atoms with E-state index in [4.69, 9.17) is 0 Å². The third kappa shape index (κ3) is 6.36. The van der Waals surface area contributed by atoms with E-state index in [1.807, 2.05) is 0 Å². The maximum absolute atomic E-state index is 4.30. The van der Waals surface area contributed by atoms with Crippen molar-refractivity contribution in [2.45, 2.75) is 65.2 Å². The Morgan fingerprint density at radius 3 is 2.27 bits per heavy atom. The first-order valence-electron chi connectivity index (χ1n) is 8.71. The zero-order valence-corrected chi connectivity index (χ0v) is 15.6. The fraction of sp³-hybridized carbons (Fsp3) is 0.619. The van der Waals surface area contributed by atoms with Gasteiger partial charge in [0.2, 0.25) is 0 Å². The highest BCUT2D eigenvalue weighted by molar-refractivity contribution is 5.66. The summed E-state index contributed by atoms with van der Waals surface area (Å²) in [5.74, 6) is 0. The number of nitrogens with zero attached hydrogens (tertiary/aromatic N) is 1. The summed E-state index contributed by atoms with van der Waals surface area (Å²) in [6.07, 6.45) is 6.46. The van der Waals surface area contributed by atoms with Crippen molar-refractivity contribution in [3.8, 4) is 0 Å². The van der Waals surface area contributed by atoms with Crippen molar-refractivity contribution in [1.82, 2.24) is 4.90 Å². The zero-order chi connectivity index (χ0) is 16.8. The Morgan fingerprint density at radius 1 is 1.05 bits per heavy atom. The van der Waals surface area contributed by atoms with E-state index in [1.165, 1.54) is 54.4 Å². The summed E-state index contributed by atoms with van der Waals surface area (Å²) in [5, 5.41) is 0. The lowest BCUT2D eigenvalue weighted by molar-refractivity contribution is 0.463. The van der Waals surface area contributed by atoms with Gasteiger partial charge in [0.25, 0.3) is 0 Å². The molecule has 0 unspecified atom stereocenters. The Balaban J connectivity index is 2.98. The lowest BCUT2D eigenvalue weighted by atomic mass is 9.83. The molecular formula is C21H35N. The van der Waals surface area contributed by atoms with Crippen LogP contribution >= 0.6 is 0 Å². The molecule has 0 spiro atoms. The minimum Gasteiger partial charge on any atom is -0.305 e. The fourth-order valence-electron chi connectivity index (χ4n) is 2.70. The van der Waals surface area contributed by atoms with Gasteiger partial charge in [-0.1, -0.05) is 71.7 Å². The first-order chi connectivity index (χ1) is 10.2. The van der Waals surface area contributed by atoms with Crippen LogP contribution in [0.15, 0.2) is 24.8 Å². The monoisotopic (exact) mass is 301 g/mol. The smallest absolute Gasteiger partial charge is 0.0227 e. The average Bonchev–Trinajstić information content (AvgIpc) is 2.41. The van der Waals surface area contributed by atoms with Gasteiger partial charge in [-0.3, -0.25) is 0 Å². The predicted molar refractivity (Wildman–Crippen MR) is 101 cm³/mol. The minimum absolute atomic E-state index is 0.187. The van der Waals surface area contributed by atoms with Crippen molar-refractivity contribution in [2.75, 3.05) is 20.6 Å². The van der Waals surface area contributed by atoms with E-state index in [9.17, 15) is 0 Å². The Labute approximate surface area is 138 Å². The molecule has 1 heteroatoms. The van der Waals surface area contributed by atoms with Crippen LogP contribution in [0.25, 0.3) is 5.57 Å². The average molecular weight is 302 g/mol. The van der Waals surface area contributed by atoms with E-state index >= 15 is 0 Å².